The van der Waals surface area contributed by atoms with Gasteiger partial charge in [0.2, 0.25) is 5.91 Å². The van der Waals surface area contributed by atoms with Gasteiger partial charge in [-0.15, -0.1) is 0 Å². The Balaban J connectivity index is 2.01. The molecule has 6 nitrogen and oxygen atoms in total. The van der Waals surface area contributed by atoms with E-state index in [9.17, 15) is 19.5 Å². The minimum atomic E-state index is -1.01. The number of rotatable bonds is 8. The molecule has 1 aliphatic rings. The highest BCUT2D eigenvalue weighted by Gasteiger charge is 2.30. The van der Waals surface area contributed by atoms with Crippen molar-refractivity contribution in [3.8, 4) is 0 Å². The minimum Gasteiger partial charge on any atom is -0.480 e. The average molecular weight is 346 g/mol. The van der Waals surface area contributed by atoms with Gasteiger partial charge in [-0.2, -0.15) is 0 Å². The van der Waals surface area contributed by atoms with Gasteiger partial charge in [0.25, 0.3) is 5.91 Å². The summed E-state index contributed by atoms with van der Waals surface area (Å²) in [6.07, 6.45) is 2.97. The highest BCUT2D eigenvalue weighted by atomic mass is 16.4. The van der Waals surface area contributed by atoms with E-state index < -0.39 is 17.9 Å². The van der Waals surface area contributed by atoms with Crippen LogP contribution in [0, 0.1) is 18.8 Å². The molecule has 1 aromatic rings. The molecule has 0 saturated heterocycles. The summed E-state index contributed by atoms with van der Waals surface area (Å²) in [6.45, 7) is 5.75. The maximum atomic E-state index is 12.3. The Morgan fingerprint density at radius 3 is 2.44 bits per heavy atom. The van der Waals surface area contributed by atoms with Crippen molar-refractivity contribution < 1.29 is 19.5 Å². The number of hydrogen-bond donors (Lipinski definition) is 3. The lowest BCUT2D eigenvalue weighted by Crippen LogP contribution is -2.41. The van der Waals surface area contributed by atoms with E-state index in [1.165, 1.54) is 0 Å². The Bertz CT molecular complexity index is 665. The summed E-state index contributed by atoms with van der Waals surface area (Å²) in [5.74, 6) is -0.803. The van der Waals surface area contributed by atoms with Gasteiger partial charge in [-0.25, -0.2) is 4.79 Å². The molecule has 2 amide bonds. The molecule has 1 atom stereocenters. The molecular formula is C19H26N2O4. The SMILES string of the molecule is Cc1cc(C(=O)NC(CC2CC2)C(=O)O)ccc1NC(=O)CC(C)C. The van der Waals surface area contributed by atoms with Crippen LogP contribution in [0.4, 0.5) is 5.69 Å². The number of carbonyl (C=O) groups is 3. The molecule has 1 aromatic carbocycles. The summed E-state index contributed by atoms with van der Waals surface area (Å²) in [5, 5.41) is 14.7. The molecule has 0 spiro atoms. The maximum Gasteiger partial charge on any atom is 0.326 e. The molecule has 3 N–H and O–H groups in total. The zero-order chi connectivity index (χ0) is 18.6. The van der Waals surface area contributed by atoms with Crippen molar-refractivity contribution >= 4 is 23.5 Å². The predicted molar refractivity (Wildman–Crippen MR) is 95.5 cm³/mol. The summed E-state index contributed by atoms with van der Waals surface area (Å²) in [4.78, 5) is 35.5. The van der Waals surface area contributed by atoms with E-state index in [-0.39, 0.29) is 11.8 Å². The van der Waals surface area contributed by atoms with Crippen LogP contribution in [0.5, 0.6) is 0 Å². The van der Waals surface area contributed by atoms with Crippen LogP contribution in [0.25, 0.3) is 0 Å². The number of aliphatic carboxylic acids is 1. The first-order chi connectivity index (χ1) is 11.8. The molecule has 1 saturated carbocycles. The number of amides is 2. The fourth-order valence-electron chi connectivity index (χ4n) is 2.67. The van der Waals surface area contributed by atoms with Gasteiger partial charge in [0, 0.05) is 17.7 Å². The Hall–Kier alpha value is -2.37. The van der Waals surface area contributed by atoms with Gasteiger partial charge in [0.1, 0.15) is 6.04 Å². The highest BCUT2D eigenvalue weighted by molar-refractivity contribution is 5.98. The first kappa shape index (κ1) is 19.0. The molecular weight excluding hydrogens is 320 g/mol. The van der Waals surface area contributed by atoms with Crippen LogP contribution in [0.1, 0.15) is 55.5 Å². The molecule has 25 heavy (non-hydrogen) atoms. The van der Waals surface area contributed by atoms with Gasteiger partial charge < -0.3 is 15.7 Å². The van der Waals surface area contributed by atoms with E-state index >= 15 is 0 Å². The van der Waals surface area contributed by atoms with Gasteiger partial charge in [-0.1, -0.05) is 26.7 Å². The van der Waals surface area contributed by atoms with E-state index in [2.05, 4.69) is 10.6 Å². The number of carboxylic acid groups (broad SMARTS) is 1. The van der Waals surface area contributed by atoms with Gasteiger partial charge in [0.15, 0.2) is 0 Å². The van der Waals surface area contributed by atoms with Crippen LogP contribution in [-0.4, -0.2) is 28.9 Å². The number of benzene rings is 1. The first-order valence-corrected chi connectivity index (χ1v) is 8.70. The molecule has 0 radical (unpaired) electrons. The number of carboxylic acids is 1. The Labute approximate surface area is 148 Å². The second kappa shape index (κ2) is 8.14. The largest absolute Gasteiger partial charge is 0.480 e. The fraction of sp³-hybridized carbons (Fsp3) is 0.526. The van der Waals surface area contributed by atoms with E-state index in [1.54, 1.807) is 25.1 Å². The van der Waals surface area contributed by atoms with Crippen molar-refractivity contribution in [2.75, 3.05) is 5.32 Å². The number of anilines is 1. The molecule has 1 unspecified atom stereocenters. The lowest BCUT2D eigenvalue weighted by molar-refractivity contribution is -0.139. The molecule has 2 rings (SSSR count). The van der Waals surface area contributed by atoms with Crippen molar-refractivity contribution in [1.82, 2.24) is 5.32 Å². The quantitative estimate of drug-likeness (QED) is 0.674. The minimum absolute atomic E-state index is 0.0642. The lowest BCUT2D eigenvalue weighted by atomic mass is 10.1. The lowest BCUT2D eigenvalue weighted by Gasteiger charge is -2.15. The van der Waals surface area contributed by atoms with Crippen LogP contribution in [-0.2, 0) is 9.59 Å². The van der Waals surface area contributed by atoms with Crippen LogP contribution >= 0.6 is 0 Å². The molecule has 136 valence electrons. The van der Waals surface area contributed by atoms with Gasteiger partial charge >= 0.3 is 5.97 Å². The van der Waals surface area contributed by atoms with Gasteiger partial charge in [-0.05, 0) is 48.9 Å². The molecule has 0 heterocycles. The number of carbonyl (C=O) groups excluding carboxylic acids is 2. The third-order valence-corrected chi connectivity index (χ3v) is 4.23. The Kier molecular flexibility index (Phi) is 6.17. The second-order valence-electron chi connectivity index (χ2n) is 7.22. The zero-order valence-corrected chi connectivity index (χ0v) is 15.0. The summed E-state index contributed by atoms with van der Waals surface area (Å²) >= 11 is 0. The highest BCUT2D eigenvalue weighted by Crippen LogP contribution is 2.33. The van der Waals surface area contributed by atoms with Crippen LogP contribution in [0.15, 0.2) is 18.2 Å². The molecule has 6 heteroatoms. The van der Waals surface area contributed by atoms with Crippen molar-refractivity contribution in [1.29, 1.82) is 0 Å². The third kappa shape index (κ3) is 5.89. The zero-order valence-electron chi connectivity index (χ0n) is 15.0. The Morgan fingerprint density at radius 1 is 1.24 bits per heavy atom. The maximum absolute atomic E-state index is 12.3. The molecule has 0 aromatic heterocycles. The van der Waals surface area contributed by atoms with Crippen LogP contribution in [0.3, 0.4) is 0 Å². The average Bonchev–Trinajstić information content (AvgIpc) is 3.31. The fourth-order valence-corrected chi connectivity index (χ4v) is 2.67. The van der Waals surface area contributed by atoms with Gasteiger partial charge in [0.05, 0.1) is 0 Å². The topological polar surface area (TPSA) is 95.5 Å². The number of aryl methyl sites for hydroxylation is 1. The van der Waals surface area contributed by atoms with E-state index in [0.29, 0.717) is 30.0 Å². The third-order valence-electron chi connectivity index (χ3n) is 4.23. The number of hydrogen-bond acceptors (Lipinski definition) is 3. The summed E-state index contributed by atoms with van der Waals surface area (Å²) in [7, 11) is 0. The van der Waals surface area contributed by atoms with E-state index in [1.807, 2.05) is 13.8 Å². The first-order valence-electron chi connectivity index (χ1n) is 8.70. The van der Waals surface area contributed by atoms with E-state index in [0.717, 1.165) is 18.4 Å². The summed E-state index contributed by atoms with van der Waals surface area (Å²) in [5.41, 5.74) is 1.81. The van der Waals surface area contributed by atoms with Crippen molar-refractivity contribution in [2.24, 2.45) is 11.8 Å². The van der Waals surface area contributed by atoms with Crippen molar-refractivity contribution in [2.45, 2.75) is 52.5 Å². The second-order valence-corrected chi connectivity index (χ2v) is 7.22. The van der Waals surface area contributed by atoms with Crippen LogP contribution in [0.2, 0.25) is 0 Å². The monoisotopic (exact) mass is 346 g/mol. The molecule has 0 aliphatic heterocycles. The Morgan fingerprint density at radius 2 is 1.92 bits per heavy atom. The molecule has 1 fully saturated rings. The molecule has 1 aliphatic carbocycles. The van der Waals surface area contributed by atoms with Crippen LogP contribution < -0.4 is 10.6 Å². The standard InChI is InChI=1S/C19H26N2O4/c1-11(2)8-17(22)20-15-7-6-14(9-12(15)3)18(23)21-16(19(24)25)10-13-4-5-13/h6-7,9,11,13,16H,4-5,8,10H2,1-3H3,(H,20,22)(H,21,23)(H,24,25). The van der Waals surface area contributed by atoms with Crippen molar-refractivity contribution in [3.63, 3.8) is 0 Å². The van der Waals surface area contributed by atoms with Gasteiger partial charge in [-0.3, -0.25) is 9.59 Å². The smallest absolute Gasteiger partial charge is 0.326 e. The predicted octanol–water partition coefficient (Wildman–Crippen LogP) is 2.96. The summed E-state index contributed by atoms with van der Waals surface area (Å²) < 4.78 is 0. The molecule has 0 bridgehead atoms. The normalized spacial score (nSPS) is 14.9. The number of nitrogens with one attached hydrogen (secondary N) is 2. The van der Waals surface area contributed by atoms with Crippen molar-refractivity contribution in [3.05, 3.63) is 29.3 Å². The van der Waals surface area contributed by atoms with E-state index in [4.69, 9.17) is 0 Å². The summed E-state index contributed by atoms with van der Waals surface area (Å²) in [6, 6.07) is 4.09.